The van der Waals surface area contributed by atoms with Gasteiger partial charge in [-0.25, -0.2) is 9.67 Å². The molecule has 1 aliphatic rings. The maximum absolute atomic E-state index is 9.30. The predicted octanol–water partition coefficient (Wildman–Crippen LogP) is 2.84. The molecule has 0 bridgehead atoms. The lowest BCUT2D eigenvalue weighted by molar-refractivity contribution is 0.674. The molecule has 2 heterocycles. The first kappa shape index (κ1) is 12.1. The molecule has 0 saturated heterocycles. The van der Waals surface area contributed by atoms with Crippen LogP contribution in [0.1, 0.15) is 42.9 Å². The summed E-state index contributed by atoms with van der Waals surface area (Å²) in [6, 6.07) is 2.17. The number of hydrogen-bond donors (Lipinski definition) is 0. The van der Waals surface area contributed by atoms with Crippen molar-refractivity contribution in [3.63, 3.8) is 0 Å². The summed E-state index contributed by atoms with van der Waals surface area (Å²) in [7, 11) is 0. The topological polar surface area (TPSA) is 67.4 Å². The predicted molar refractivity (Wildman–Crippen MR) is 70.1 cm³/mol. The molecule has 6 heteroatoms. The van der Waals surface area contributed by atoms with Gasteiger partial charge in [-0.3, -0.25) is 4.98 Å². The van der Waals surface area contributed by atoms with Gasteiger partial charge in [0.25, 0.3) is 0 Å². The number of nitriles is 1. The maximum Gasteiger partial charge on any atom is 0.173 e. The molecule has 19 heavy (non-hydrogen) atoms. The summed E-state index contributed by atoms with van der Waals surface area (Å²) in [6.45, 7) is 0. The van der Waals surface area contributed by atoms with Crippen LogP contribution in [-0.2, 0) is 0 Å². The molecular weight excluding hydrogens is 262 g/mol. The Balaban J connectivity index is 2.10. The van der Waals surface area contributed by atoms with Crippen molar-refractivity contribution in [2.24, 2.45) is 0 Å². The Hall–Kier alpha value is -1.93. The van der Waals surface area contributed by atoms with E-state index in [0.29, 0.717) is 22.5 Å². The van der Waals surface area contributed by atoms with Crippen molar-refractivity contribution in [1.82, 2.24) is 19.7 Å². The standard InChI is InChI=1S/C13H12ClN5/c14-13-10(7-15)12(9-3-1-2-4-9)18-19(13)11-8-16-5-6-17-11/h5-6,8-9H,1-4H2. The zero-order valence-corrected chi connectivity index (χ0v) is 11.0. The molecule has 1 saturated carbocycles. The second kappa shape index (κ2) is 4.98. The smallest absolute Gasteiger partial charge is 0.173 e. The van der Waals surface area contributed by atoms with Gasteiger partial charge < -0.3 is 0 Å². The van der Waals surface area contributed by atoms with Gasteiger partial charge in [-0.1, -0.05) is 24.4 Å². The van der Waals surface area contributed by atoms with Gasteiger partial charge in [-0.05, 0) is 12.8 Å². The van der Waals surface area contributed by atoms with Crippen molar-refractivity contribution in [1.29, 1.82) is 5.26 Å². The van der Waals surface area contributed by atoms with E-state index in [9.17, 15) is 5.26 Å². The fourth-order valence-electron chi connectivity index (χ4n) is 2.55. The molecule has 1 aliphatic carbocycles. The minimum atomic E-state index is 0.324. The summed E-state index contributed by atoms with van der Waals surface area (Å²) in [5.74, 6) is 0.873. The lowest BCUT2D eigenvalue weighted by Gasteiger charge is -2.04. The minimum absolute atomic E-state index is 0.324. The first-order valence-corrected chi connectivity index (χ1v) is 6.64. The fourth-order valence-corrected chi connectivity index (χ4v) is 2.82. The van der Waals surface area contributed by atoms with E-state index in [-0.39, 0.29) is 0 Å². The molecule has 3 rings (SSSR count). The number of aromatic nitrogens is 4. The molecule has 0 radical (unpaired) electrons. The third kappa shape index (κ3) is 2.08. The minimum Gasteiger partial charge on any atom is -0.259 e. The van der Waals surface area contributed by atoms with Crippen LogP contribution < -0.4 is 0 Å². The van der Waals surface area contributed by atoms with Crippen LogP contribution in [0.3, 0.4) is 0 Å². The Kier molecular flexibility index (Phi) is 3.18. The van der Waals surface area contributed by atoms with Gasteiger partial charge in [-0.15, -0.1) is 0 Å². The van der Waals surface area contributed by atoms with E-state index in [1.165, 1.54) is 17.5 Å². The van der Waals surface area contributed by atoms with Gasteiger partial charge in [0.2, 0.25) is 0 Å². The Morgan fingerprint density at radius 1 is 1.32 bits per heavy atom. The van der Waals surface area contributed by atoms with Gasteiger partial charge in [0.15, 0.2) is 11.0 Å². The van der Waals surface area contributed by atoms with E-state index < -0.39 is 0 Å². The first-order chi connectivity index (χ1) is 9.31. The van der Waals surface area contributed by atoms with Gasteiger partial charge in [0.05, 0.1) is 11.9 Å². The second-order valence-electron chi connectivity index (χ2n) is 4.62. The first-order valence-electron chi connectivity index (χ1n) is 6.26. The summed E-state index contributed by atoms with van der Waals surface area (Å²) < 4.78 is 1.50. The third-order valence-corrected chi connectivity index (χ3v) is 3.83. The van der Waals surface area contributed by atoms with Crippen molar-refractivity contribution >= 4 is 11.6 Å². The molecule has 0 aromatic carbocycles. The highest BCUT2D eigenvalue weighted by Crippen LogP contribution is 2.37. The molecule has 96 valence electrons. The van der Waals surface area contributed by atoms with E-state index in [0.717, 1.165) is 18.5 Å². The number of nitrogens with zero attached hydrogens (tertiary/aromatic N) is 5. The Labute approximate surface area is 115 Å². The second-order valence-corrected chi connectivity index (χ2v) is 4.98. The highest BCUT2D eigenvalue weighted by molar-refractivity contribution is 6.31. The zero-order valence-electron chi connectivity index (χ0n) is 10.3. The van der Waals surface area contributed by atoms with Crippen LogP contribution in [0.25, 0.3) is 5.82 Å². The highest BCUT2D eigenvalue weighted by atomic mass is 35.5. The van der Waals surface area contributed by atoms with E-state index >= 15 is 0 Å². The summed E-state index contributed by atoms with van der Waals surface area (Å²) >= 11 is 6.25. The number of halogens is 1. The van der Waals surface area contributed by atoms with Gasteiger partial charge in [0.1, 0.15) is 11.6 Å². The van der Waals surface area contributed by atoms with Crippen LogP contribution in [0.4, 0.5) is 0 Å². The Morgan fingerprint density at radius 2 is 2.11 bits per heavy atom. The van der Waals surface area contributed by atoms with E-state index in [4.69, 9.17) is 11.6 Å². The molecule has 0 aliphatic heterocycles. The molecule has 2 aromatic heterocycles. The molecule has 0 unspecified atom stereocenters. The molecule has 0 spiro atoms. The average Bonchev–Trinajstić information content (AvgIpc) is 3.07. The summed E-state index contributed by atoms with van der Waals surface area (Å²) in [4.78, 5) is 8.17. The maximum atomic E-state index is 9.30. The monoisotopic (exact) mass is 273 g/mol. The normalized spacial score (nSPS) is 15.6. The molecule has 0 atom stereocenters. The average molecular weight is 274 g/mol. The van der Waals surface area contributed by atoms with Gasteiger partial charge in [-0.2, -0.15) is 10.4 Å². The Morgan fingerprint density at radius 3 is 2.74 bits per heavy atom. The Bertz CT molecular complexity index is 622. The molecule has 5 nitrogen and oxygen atoms in total. The lowest BCUT2D eigenvalue weighted by Crippen LogP contribution is -2.02. The van der Waals surface area contributed by atoms with Crippen LogP contribution >= 0.6 is 11.6 Å². The van der Waals surface area contributed by atoms with Crippen molar-refractivity contribution in [2.45, 2.75) is 31.6 Å². The van der Waals surface area contributed by atoms with Crippen molar-refractivity contribution in [2.75, 3.05) is 0 Å². The van der Waals surface area contributed by atoms with Crippen molar-refractivity contribution in [3.05, 3.63) is 35.0 Å². The lowest BCUT2D eigenvalue weighted by atomic mass is 10.0. The number of hydrogen-bond acceptors (Lipinski definition) is 4. The fraction of sp³-hybridized carbons (Fsp3) is 0.385. The number of rotatable bonds is 2. The molecule has 2 aromatic rings. The van der Waals surface area contributed by atoms with Crippen LogP contribution in [0.15, 0.2) is 18.6 Å². The highest BCUT2D eigenvalue weighted by Gasteiger charge is 2.27. The zero-order chi connectivity index (χ0) is 13.2. The summed E-state index contributed by atoms with van der Waals surface area (Å²) in [5.41, 5.74) is 1.27. The summed E-state index contributed by atoms with van der Waals surface area (Å²) in [6.07, 6.45) is 9.26. The van der Waals surface area contributed by atoms with Crippen LogP contribution in [0.2, 0.25) is 5.15 Å². The quantitative estimate of drug-likeness (QED) is 0.844. The van der Waals surface area contributed by atoms with E-state index in [2.05, 4.69) is 21.1 Å². The molecule has 1 fully saturated rings. The SMILES string of the molecule is N#Cc1c(C2CCCC2)nn(-c2cnccn2)c1Cl. The molecule has 0 amide bonds. The van der Waals surface area contributed by atoms with E-state index in [1.54, 1.807) is 18.6 Å². The largest absolute Gasteiger partial charge is 0.259 e. The van der Waals surface area contributed by atoms with Crippen molar-refractivity contribution < 1.29 is 0 Å². The van der Waals surface area contributed by atoms with Crippen LogP contribution in [0, 0.1) is 11.3 Å². The third-order valence-electron chi connectivity index (χ3n) is 3.48. The van der Waals surface area contributed by atoms with Crippen molar-refractivity contribution in [3.8, 4) is 11.9 Å². The summed E-state index contributed by atoms with van der Waals surface area (Å²) in [5, 5.41) is 14.1. The van der Waals surface area contributed by atoms with Crippen LogP contribution in [-0.4, -0.2) is 19.7 Å². The molecule has 0 N–H and O–H groups in total. The van der Waals surface area contributed by atoms with Gasteiger partial charge >= 0.3 is 0 Å². The van der Waals surface area contributed by atoms with E-state index in [1.807, 2.05) is 0 Å². The van der Waals surface area contributed by atoms with Gasteiger partial charge in [0, 0.05) is 18.3 Å². The molecular formula is C13H12ClN5. The van der Waals surface area contributed by atoms with Crippen LogP contribution in [0.5, 0.6) is 0 Å².